The van der Waals surface area contributed by atoms with Crippen LogP contribution in [0.5, 0.6) is 0 Å². The van der Waals surface area contributed by atoms with E-state index in [1.807, 2.05) is 0 Å². The van der Waals surface area contributed by atoms with Gasteiger partial charge in [-0.2, -0.15) is 0 Å². The van der Waals surface area contributed by atoms with Gasteiger partial charge in [0.25, 0.3) is 5.91 Å². The first-order valence-electron chi connectivity index (χ1n) is 9.46. The fourth-order valence-corrected chi connectivity index (χ4v) is 5.95. The molecule has 1 aromatic rings. The van der Waals surface area contributed by atoms with Crippen LogP contribution in [-0.4, -0.2) is 24.5 Å². The minimum atomic E-state index is -0.510. The fraction of sp³-hybridized carbons (Fsp3) is 0.700. The van der Waals surface area contributed by atoms with Crippen molar-refractivity contribution < 1.29 is 18.7 Å². The zero-order valence-corrected chi connectivity index (χ0v) is 15.0. The summed E-state index contributed by atoms with van der Waals surface area (Å²) >= 11 is 0. The second kappa shape index (κ2) is 6.19. The average molecular weight is 345 g/mol. The number of hydrogen-bond donors (Lipinski definition) is 1. The lowest BCUT2D eigenvalue weighted by molar-refractivity contribution is -0.128. The highest BCUT2D eigenvalue weighted by molar-refractivity contribution is 5.92. The molecule has 0 aliphatic heterocycles. The second-order valence-corrected chi connectivity index (χ2v) is 8.54. The molecule has 1 N–H and O–H groups in total. The van der Waals surface area contributed by atoms with E-state index in [2.05, 4.69) is 12.2 Å². The lowest BCUT2D eigenvalue weighted by atomic mass is 9.48. The molecule has 1 atom stereocenters. The smallest absolute Gasteiger partial charge is 0.342 e. The molecule has 1 aromatic heterocycles. The molecule has 25 heavy (non-hydrogen) atoms. The van der Waals surface area contributed by atoms with E-state index in [0.717, 1.165) is 17.8 Å². The summed E-state index contributed by atoms with van der Waals surface area (Å²) < 4.78 is 10.2. The van der Waals surface area contributed by atoms with Gasteiger partial charge in [-0.05, 0) is 81.6 Å². The molecule has 5 nitrogen and oxygen atoms in total. The summed E-state index contributed by atoms with van der Waals surface area (Å²) in [5.41, 5.74) is 0.636. The Morgan fingerprint density at radius 3 is 2.36 bits per heavy atom. The van der Waals surface area contributed by atoms with Gasteiger partial charge in [-0.1, -0.05) is 0 Å². The largest absolute Gasteiger partial charge is 0.469 e. The summed E-state index contributed by atoms with van der Waals surface area (Å²) in [7, 11) is 0. The molecule has 1 amide bonds. The Morgan fingerprint density at radius 1 is 1.24 bits per heavy atom. The number of nitrogens with one attached hydrogen (secondary N) is 1. The summed E-state index contributed by atoms with van der Waals surface area (Å²) in [5, 5.41) is 3.11. The number of amides is 1. The molecule has 0 saturated heterocycles. The quantitative estimate of drug-likeness (QED) is 0.830. The van der Waals surface area contributed by atoms with Crippen LogP contribution in [0.3, 0.4) is 0 Å². The highest BCUT2D eigenvalue weighted by Crippen LogP contribution is 2.61. The Morgan fingerprint density at radius 2 is 1.84 bits per heavy atom. The first-order chi connectivity index (χ1) is 11.9. The van der Waals surface area contributed by atoms with E-state index in [0.29, 0.717) is 11.3 Å². The first kappa shape index (κ1) is 16.7. The minimum absolute atomic E-state index is 0.141. The Balaban J connectivity index is 1.32. The first-order valence-corrected chi connectivity index (χ1v) is 9.46. The summed E-state index contributed by atoms with van der Waals surface area (Å²) in [6, 6.07) is 1.70. The fourth-order valence-electron chi connectivity index (χ4n) is 5.95. The van der Waals surface area contributed by atoms with Crippen LogP contribution >= 0.6 is 0 Å². The number of rotatable bonds is 5. The van der Waals surface area contributed by atoms with Crippen molar-refractivity contribution >= 4 is 11.9 Å². The van der Waals surface area contributed by atoms with Crippen molar-refractivity contribution in [1.82, 2.24) is 5.32 Å². The Hall–Kier alpha value is -1.78. The lowest BCUT2D eigenvalue weighted by Gasteiger charge is -2.59. The molecule has 136 valence electrons. The Labute approximate surface area is 148 Å². The van der Waals surface area contributed by atoms with Gasteiger partial charge in [0.2, 0.25) is 0 Å². The average Bonchev–Trinajstić information content (AvgIpc) is 2.97. The lowest BCUT2D eigenvalue weighted by Crippen LogP contribution is -2.56. The van der Waals surface area contributed by atoms with Gasteiger partial charge in [0.15, 0.2) is 6.61 Å². The Kier molecular flexibility index (Phi) is 4.13. The molecule has 0 spiro atoms. The molecular formula is C20H27NO4. The second-order valence-electron chi connectivity index (χ2n) is 8.54. The van der Waals surface area contributed by atoms with Crippen LogP contribution in [0.1, 0.15) is 61.6 Å². The van der Waals surface area contributed by atoms with Crippen molar-refractivity contribution in [2.45, 2.75) is 58.4 Å². The van der Waals surface area contributed by atoms with Gasteiger partial charge in [-0.3, -0.25) is 4.79 Å². The van der Waals surface area contributed by atoms with Crippen molar-refractivity contribution in [3.8, 4) is 0 Å². The molecular weight excluding hydrogens is 318 g/mol. The molecule has 0 radical (unpaired) electrons. The van der Waals surface area contributed by atoms with Gasteiger partial charge in [0.05, 0.1) is 6.26 Å². The van der Waals surface area contributed by atoms with E-state index >= 15 is 0 Å². The number of furan rings is 1. The van der Waals surface area contributed by atoms with Gasteiger partial charge in [-0.15, -0.1) is 0 Å². The van der Waals surface area contributed by atoms with Crippen LogP contribution in [-0.2, 0) is 9.53 Å². The predicted octanol–water partition coefficient (Wildman–Crippen LogP) is 3.47. The molecule has 4 bridgehead atoms. The molecule has 1 heterocycles. The predicted molar refractivity (Wildman–Crippen MR) is 91.9 cm³/mol. The highest BCUT2D eigenvalue weighted by atomic mass is 16.5. The topological polar surface area (TPSA) is 68.5 Å². The van der Waals surface area contributed by atoms with Crippen LogP contribution in [0, 0.1) is 30.1 Å². The van der Waals surface area contributed by atoms with Crippen molar-refractivity contribution in [3.63, 3.8) is 0 Å². The minimum Gasteiger partial charge on any atom is -0.469 e. The number of carbonyl (C=O) groups is 2. The zero-order valence-electron chi connectivity index (χ0n) is 15.0. The summed E-state index contributed by atoms with van der Waals surface area (Å²) in [6.07, 6.45) is 9.35. The monoisotopic (exact) mass is 345 g/mol. The van der Waals surface area contributed by atoms with Gasteiger partial charge in [0, 0.05) is 6.04 Å². The standard InChI is InChI=1S/C20H27NO4/c1-12-17(3-4-24-12)19(23)25-11-18(22)21-13(2)20-8-14-5-15(9-20)7-16(6-14)10-20/h3-4,13-16H,5-11H2,1-2H3,(H,21,22)/t13-,14?,15?,16?,20?/m1/s1. The SMILES string of the molecule is Cc1occc1C(=O)OCC(=O)N[C@H](C)C12CC3CC(CC(C3)C1)C2. The summed E-state index contributed by atoms with van der Waals surface area (Å²) in [6.45, 7) is 3.60. The maximum atomic E-state index is 12.3. The van der Waals surface area contributed by atoms with Gasteiger partial charge < -0.3 is 14.5 Å². The highest BCUT2D eigenvalue weighted by Gasteiger charge is 2.53. The van der Waals surface area contributed by atoms with Gasteiger partial charge in [-0.25, -0.2) is 4.79 Å². The molecule has 5 heteroatoms. The van der Waals surface area contributed by atoms with Crippen molar-refractivity contribution in [3.05, 3.63) is 23.7 Å². The van der Waals surface area contributed by atoms with Crippen LogP contribution in [0.2, 0.25) is 0 Å². The van der Waals surface area contributed by atoms with E-state index in [-0.39, 0.29) is 24.0 Å². The van der Waals surface area contributed by atoms with E-state index in [4.69, 9.17) is 9.15 Å². The normalized spacial score (nSPS) is 33.9. The van der Waals surface area contributed by atoms with E-state index < -0.39 is 5.97 Å². The number of aryl methyl sites for hydroxylation is 1. The molecule has 4 aliphatic rings. The molecule has 4 aliphatic carbocycles. The Bertz CT molecular complexity index is 642. The molecule has 5 rings (SSSR count). The van der Waals surface area contributed by atoms with Crippen molar-refractivity contribution in [2.75, 3.05) is 6.61 Å². The molecule has 4 fully saturated rings. The zero-order chi connectivity index (χ0) is 17.6. The van der Waals surface area contributed by atoms with Crippen LogP contribution in [0.15, 0.2) is 16.7 Å². The maximum Gasteiger partial charge on any atom is 0.342 e. The number of carbonyl (C=O) groups excluding carboxylic acids is 2. The number of esters is 1. The number of ether oxygens (including phenoxy) is 1. The molecule has 0 aromatic carbocycles. The van der Waals surface area contributed by atoms with Crippen molar-refractivity contribution in [1.29, 1.82) is 0 Å². The molecule has 0 unspecified atom stereocenters. The van der Waals surface area contributed by atoms with Gasteiger partial charge in [0.1, 0.15) is 11.3 Å². The van der Waals surface area contributed by atoms with Crippen LogP contribution < -0.4 is 5.32 Å². The third-order valence-electron chi connectivity index (χ3n) is 6.79. The summed E-state index contributed by atoms with van der Waals surface area (Å²) in [5.74, 6) is 2.35. The van der Waals surface area contributed by atoms with E-state index in [1.54, 1.807) is 13.0 Å². The van der Waals surface area contributed by atoms with Crippen molar-refractivity contribution in [2.24, 2.45) is 23.2 Å². The van der Waals surface area contributed by atoms with Crippen LogP contribution in [0.4, 0.5) is 0 Å². The molecule has 4 saturated carbocycles. The van der Waals surface area contributed by atoms with E-state index in [1.165, 1.54) is 44.8 Å². The summed E-state index contributed by atoms with van der Waals surface area (Å²) in [4.78, 5) is 24.3. The maximum absolute atomic E-state index is 12.3. The third-order valence-corrected chi connectivity index (χ3v) is 6.79. The van der Waals surface area contributed by atoms with E-state index in [9.17, 15) is 9.59 Å². The van der Waals surface area contributed by atoms with Gasteiger partial charge >= 0.3 is 5.97 Å². The van der Waals surface area contributed by atoms with Crippen LogP contribution in [0.25, 0.3) is 0 Å². The third kappa shape index (κ3) is 3.09. The number of hydrogen-bond acceptors (Lipinski definition) is 4.